The third-order valence-corrected chi connectivity index (χ3v) is 6.66. The molecular formula is C25H28N4O4. The Hall–Kier alpha value is -3.39. The van der Waals surface area contributed by atoms with Crippen LogP contribution in [0.3, 0.4) is 0 Å². The van der Waals surface area contributed by atoms with Gasteiger partial charge in [0.15, 0.2) is 0 Å². The minimum absolute atomic E-state index is 0.0217. The molecule has 172 valence electrons. The number of fused-ring (bicyclic) bond motifs is 1. The maximum atomic E-state index is 12.9. The lowest BCUT2D eigenvalue weighted by molar-refractivity contribution is -0.122. The summed E-state index contributed by atoms with van der Waals surface area (Å²) >= 11 is 0. The fourth-order valence-electron chi connectivity index (χ4n) is 4.84. The Bertz CT molecular complexity index is 1080. The Kier molecular flexibility index (Phi) is 5.76. The normalized spacial score (nSPS) is 20.2. The van der Waals surface area contributed by atoms with Gasteiger partial charge in [-0.25, -0.2) is 0 Å². The van der Waals surface area contributed by atoms with Crippen molar-refractivity contribution in [1.82, 2.24) is 0 Å². The van der Waals surface area contributed by atoms with Crippen LogP contribution in [-0.2, 0) is 25.5 Å². The Balaban J connectivity index is 1.22. The van der Waals surface area contributed by atoms with Gasteiger partial charge in [0, 0.05) is 62.3 Å². The highest BCUT2D eigenvalue weighted by Crippen LogP contribution is 2.34. The quantitative estimate of drug-likeness (QED) is 0.777. The van der Waals surface area contributed by atoms with Crippen molar-refractivity contribution in [2.45, 2.75) is 19.8 Å². The molecule has 0 spiro atoms. The van der Waals surface area contributed by atoms with E-state index in [1.807, 2.05) is 42.5 Å². The van der Waals surface area contributed by atoms with Gasteiger partial charge in [0.2, 0.25) is 17.7 Å². The highest BCUT2D eigenvalue weighted by atomic mass is 16.5. The van der Waals surface area contributed by atoms with Crippen LogP contribution < -0.4 is 20.0 Å². The van der Waals surface area contributed by atoms with Gasteiger partial charge >= 0.3 is 0 Å². The van der Waals surface area contributed by atoms with E-state index in [0.29, 0.717) is 13.1 Å². The summed E-state index contributed by atoms with van der Waals surface area (Å²) < 4.78 is 5.39. The number of nitrogens with zero attached hydrogens (tertiary/aromatic N) is 3. The number of hydrogen-bond donors (Lipinski definition) is 1. The van der Waals surface area contributed by atoms with Crippen molar-refractivity contribution in [3.63, 3.8) is 0 Å². The van der Waals surface area contributed by atoms with Crippen molar-refractivity contribution in [3.8, 4) is 0 Å². The first-order chi connectivity index (χ1) is 16.0. The molecule has 0 aromatic heterocycles. The maximum Gasteiger partial charge on any atom is 0.229 e. The molecule has 0 radical (unpaired) electrons. The highest BCUT2D eigenvalue weighted by molar-refractivity contribution is 6.04. The Morgan fingerprint density at radius 1 is 1.00 bits per heavy atom. The zero-order valence-corrected chi connectivity index (χ0v) is 18.8. The number of anilines is 4. The number of amides is 3. The number of morpholine rings is 1. The predicted octanol–water partition coefficient (Wildman–Crippen LogP) is 2.42. The van der Waals surface area contributed by atoms with E-state index in [2.05, 4.69) is 10.2 Å². The van der Waals surface area contributed by atoms with E-state index in [9.17, 15) is 14.4 Å². The second-order valence-electron chi connectivity index (χ2n) is 8.77. The summed E-state index contributed by atoms with van der Waals surface area (Å²) in [4.78, 5) is 43.0. The summed E-state index contributed by atoms with van der Waals surface area (Å²) in [5.74, 6) is -0.583. The van der Waals surface area contributed by atoms with E-state index in [4.69, 9.17) is 4.74 Å². The van der Waals surface area contributed by atoms with Crippen LogP contribution in [0.25, 0.3) is 0 Å². The second kappa shape index (κ2) is 8.86. The van der Waals surface area contributed by atoms with Gasteiger partial charge in [0.1, 0.15) is 0 Å². The van der Waals surface area contributed by atoms with E-state index >= 15 is 0 Å². The van der Waals surface area contributed by atoms with Crippen molar-refractivity contribution in [1.29, 1.82) is 0 Å². The molecule has 3 aliphatic rings. The lowest BCUT2D eigenvalue weighted by atomic mass is 10.1. The fourth-order valence-corrected chi connectivity index (χ4v) is 4.84. The first kappa shape index (κ1) is 21.5. The summed E-state index contributed by atoms with van der Waals surface area (Å²) in [7, 11) is 0. The van der Waals surface area contributed by atoms with Gasteiger partial charge in [-0.2, -0.15) is 0 Å². The number of hydrogen-bond acceptors (Lipinski definition) is 5. The minimum Gasteiger partial charge on any atom is -0.378 e. The van der Waals surface area contributed by atoms with Crippen LogP contribution in [0.1, 0.15) is 18.9 Å². The van der Waals surface area contributed by atoms with Gasteiger partial charge in [-0.15, -0.1) is 0 Å². The van der Waals surface area contributed by atoms with Crippen molar-refractivity contribution in [3.05, 3.63) is 48.0 Å². The molecule has 0 saturated carbocycles. The molecule has 0 aliphatic carbocycles. The topological polar surface area (TPSA) is 82.2 Å². The van der Waals surface area contributed by atoms with Crippen LogP contribution in [0.15, 0.2) is 42.5 Å². The standard InChI is InChI=1S/C25H28N4O4/c1-17(30)28-9-8-18-14-22(6-7-23(18)28)29-16-19(15-24(29)31)25(32)26-20-2-4-21(5-3-20)27-10-12-33-13-11-27/h2-7,14,19H,8-13,15-16H2,1H3,(H,26,32). The van der Waals surface area contributed by atoms with Gasteiger partial charge in [-0.1, -0.05) is 0 Å². The lowest BCUT2D eigenvalue weighted by Gasteiger charge is -2.28. The van der Waals surface area contributed by atoms with Gasteiger partial charge in [0.25, 0.3) is 0 Å². The molecule has 1 atom stereocenters. The lowest BCUT2D eigenvalue weighted by Crippen LogP contribution is -2.36. The van der Waals surface area contributed by atoms with Crippen LogP contribution in [0.5, 0.6) is 0 Å². The molecule has 8 heteroatoms. The molecule has 1 N–H and O–H groups in total. The average molecular weight is 449 g/mol. The van der Waals surface area contributed by atoms with Gasteiger partial charge in [-0.3, -0.25) is 14.4 Å². The van der Waals surface area contributed by atoms with E-state index in [1.165, 1.54) is 0 Å². The van der Waals surface area contributed by atoms with Gasteiger partial charge in [-0.05, 0) is 54.4 Å². The molecule has 2 aromatic rings. The summed E-state index contributed by atoms with van der Waals surface area (Å²) in [6.07, 6.45) is 0.962. The van der Waals surface area contributed by atoms with Crippen LogP contribution in [0.2, 0.25) is 0 Å². The summed E-state index contributed by atoms with van der Waals surface area (Å²) in [6, 6.07) is 13.5. The molecular weight excluding hydrogens is 420 g/mol. The Labute approximate surface area is 193 Å². The molecule has 2 saturated heterocycles. The number of rotatable bonds is 4. The van der Waals surface area contributed by atoms with E-state index in [0.717, 1.165) is 61.0 Å². The van der Waals surface area contributed by atoms with Gasteiger partial charge in [0.05, 0.1) is 19.1 Å². The van der Waals surface area contributed by atoms with E-state index in [-0.39, 0.29) is 24.1 Å². The predicted molar refractivity (Wildman–Crippen MR) is 127 cm³/mol. The molecule has 8 nitrogen and oxygen atoms in total. The van der Waals surface area contributed by atoms with E-state index < -0.39 is 5.92 Å². The molecule has 2 fully saturated rings. The number of nitrogens with one attached hydrogen (secondary N) is 1. The number of benzene rings is 2. The molecule has 0 bridgehead atoms. The molecule has 33 heavy (non-hydrogen) atoms. The SMILES string of the molecule is CC(=O)N1CCc2cc(N3CC(C(=O)Nc4ccc(N5CCOCC5)cc4)CC3=O)ccc21. The molecule has 5 rings (SSSR count). The number of carbonyl (C=O) groups is 3. The van der Waals surface area contributed by atoms with Crippen LogP contribution in [0, 0.1) is 5.92 Å². The van der Waals surface area contributed by atoms with Crippen LogP contribution >= 0.6 is 0 Å². The molecule has 3 aliphatic heterocycles. The maximum absolute atomic E-state index is 12.9. The summed E-state index contributed by atoms with van der Waals surface area (Å²) in [5, 5.41) is 2.96. The number of carbonyl (C=O) groups excluding carboxylic acids is 3. The monoisotopic (exact) mass is 448 g/mol. The largest absolute Gasteiger partial charge is 0.378 e. The molecule has 3 amide bonds. The Morgan fingerprint density at radius 2 is 1.73 bits per heavy atom. The summed E-state index contributed by atoms with van der Waals surface area (Å²) in [6.45, 7) is 5.76. The first-order valence-electron chi connectivity index (χ1n) is 11.4. The minimum atomic E-state index is -0.404. The van der Waals surface area contributed by atoms with Crippen molar-refractivity contribution >= 4 is 40.5 Å². The zero-order valence-electron chi connectivity index (χ0n) is 18.8. The van der Waals surface area contributed by atoms with Crippen LogP contribution in [-0.4, -0.2) is 57.1 Å². The Morgan fingerprint density at radius 3 is 2.45 bits per heavy atom. The smallest absolute Gasteiger partial charge is 0.229 e. The highest BCUT2D eigenvalue weighted by Gasteiger charge is 2.36. The molecule has 1 unspecified atom stereocenters. The number of ether oxygens (including phenoxy) is 1. The second-order valence-corrected chi connectivity index (χ2v) is 8.77. The van der Waals surface area contributed by atoms with Crippen molar-refractivity contribution in [2.75, 3.05) is 59.4 Å². The van der Waals surface area contributed by atoms with Gasteiger partial charge < -0.3 is 24.8 Å². The summed E-state index contributed by atoms with van der Waals surface area (Å²) in [5.41, 5.74) is 4.59. The van der Waals surface area contributed by atoms with Crippen molar-refractivity contribution < 1.29 is 19.1 Å². The van der Waals surface area contributed by atoms with Crippen molar-refractivity contribution in [2.24, 2.45) is 5.92 Å². The molecule has 2 aromatic carbocycles. The first-order valence-corrected chi connectivity index (χ1v) is 11.4. The van der Waals surface area contributed by atoms with E-state index in [1.54, 1.807) is 16.7 Å². The average Bonchev–Trinajstić information content (AvgIpc) is 3.43. The zero-order chi connectivity index (χ0) is 22.9. The third-order valence-electron chi connectivity index (χ3n) is 6.66. The van der Waals surface area contributed by atoms with Crippen LogP contribution in [0.4, 0.5) is 22.7 Å². The molecule has 3 heterocycles. The third kappa shape index (κ3) is 4.30. The fraction of sp³-hybridized carbons (Fsp3) is 0.400.